The molecule has 1 aliphatic rings. The van der Waals surface area contributed by atoms with Crippen LogP contribution in [0.3, 0.4) is 0 Å². The summed E-state index contributed by atoms with van der Waals surface area (Å²) < 4.78 is 13.6. The summed E-state index contributed by atoms with van der Waals surface area (Å²) in [6, 6.07) is 5.44. The normalized spacial score (nSPS) is 20.6. The van der Waals surface area contributed by atoms with Crippen LogP contribution >= 0.6 is 11.3 Å². The lowest BCUT2D eigenvalue weighted by Crippen LogP contribution is -2.51. The number of aromatic nitrogens is 1. The van der Waals surface area contributed by atoms with Crippen LogP contribution in [0.1, 0.15) is 35.3 Å². The summed E-state index contributed by atoms with van der Waals surface area (Å²) in [7, 11) is 0. The Morgan fingerprint density at radius 1 is 1.36 bits per heavy atom. The van der Waals surface area contributed by atoms with Crippen LogP contribution < -0.4 is 0 Å². The molecule has 1 N–H and O–H groups in total. The summed E-state index contributed by atoms with van der Waals surface area (Å²) in [6.07, 6.45) is 0.263. The Labute approximate surface area is 149 Å². The van der Waals surface area contributed by atoms with E-state index in [0.717, 1.165) is 0 Å². The van der Waals surface area contributed by atoms with Crippen LogP contribution in [-0.4, -0.2) is 45.4 Å². The third kappa shape index (κ3) is 3.62. The van der Waals surface area contributed by atoms with E-state index in [1.165, 1.54) is 35.3 Å². The van der Waals surface area contributed by atoms with Crippen LogP contribution in [0.25, 0.3) is 10.4 Å². The van der Waals surface area contributed by atoms with Crippen molar-refractivity contribution < 1.29 is 19.1 Å². The first kappa shape index (κ1) is 17.7. The van der Waals surface area contributed by atoms with Crippen molar-refractivity contribution in [3.63, 3.8) is 0 Å². The number of carbonyl (C=O) groups is 2. The molecule has 1 saturated heterocycles. The van der Waals surface area contributed by atoms with E-state index in [1.54, 1.807) is 19.1 Å². The first-order valence-corrected chi connectivity index (χ1v) is 8.91. The van der Waals surface area contributed by atoms with Crippen LogP contribution in [0.5, 0.6) is 0 Å². The number of Topliss-reactive ketones (excluding diaryl/α,β-unsaturated/α-hetero) is 1. The molecule has 3 rings (SSSR count). The van der Waals surface area contributed by atoms with Crippen molar-refractivity contribution in [1.82, 2.24) is 9.88 Å². The topological polar surface area (TPSA) is 70.5 Å². The van der Waals surface area contributed by atoms with Crippen molar-refractivity contribution in [2.24, 2.45) is 0 Å². The van der Waals surface area contributed by atoms with Crippen molar-refractivity contribution in [1.29, 1.82) is 0 Å². The first-order chi connectivity index (χ1) is 11.9. The van der Waals surface area contributed by atoms with Gasteiger partial charge in [0.2, 0.25) is 0 Å². The molecule has 2 aromatic rings. The van der Waals surface area contributed by atoms with E-state index in [2.05, 4.69) is 4.98 Å². The molecule has 0 spiro atoms. The molecule has 1 fully saturated rings. The van der Waals surface area contributed by atoms with Crippen molar-refractivity contribution in [2.75, 3.05) is 6.54 Å². The Hall–Kier alpha value is -2.12. The van der Waals surface area contributed by atoms with Gasteiger partial charge in [0.1, 0.15) is 11.5 Å². The number of nitrogens with zero attached hydrogens (tertiary/aromatic N) is 2. The Bertz CT molecular complexity index is 820. The lowest BCUT2D eigenvalue weighted by molar-refractivity contribution is -0.123. The number of rotatable bonds is 3. The largest absolute Gasteiger partial charge is 0.391 e. The second-order valence-electron chi connectivity index (χ2n) is 6.24. The van der Waals surface area contributed by atoms with Gasteiger partial charge in [-0.3, -0.25) is 9.59 Å². The molecule has 132 valence electrons. The zero-order valence-corrected chi connectivity index (χ0v) is 14.8. The maximum absolute atomic E-state index is 13.6. The highest BCUT2D eigenvalue weighted by molar-refractivity contribution is 7.15. The highest BCUT2D eigenvalue weighted by Gasteiger charge is 2.36. The van der Waals surface area contributed by atoms with E-state index in [1.807, 2.05) is 0 Å². The van der Waals surface area contributed by atoms with Gasteiger partial charge < -0.3 is 10.0 Å². The average molecular weight is 362 g/mol. The highest BCUT2D eigenvalue weighted by Crippen LogP contribution is 2.32. The zero-order valence-electron chi connectivity index (χ0n) is 14.0. The van der Waals surface area contributed by atoms with Crippen LogP contribution in [0.4, 0.5) is 4.39 Å². The number of amides is 1. The molecule has 2 atom stereocenters. The van der Waals surface area contributed by atoms with Gasteiger partial charge in [-0.25, -0.2) is 9.37 Å². The highest BCUT2D eigenvalue weighted by atomic mass is 32.1. The molecule has 0 radical (unpaired) electrons. The van der Waals surface area contributed by atoms with Gasteiger partial charge in [-0.1, -0.05) is 12.1 Å². The molecule has 2 unspecified atom stereocenters. The standard InChI is InChI=1S/C18H19FN2O3S/c1-10(22)15-7-6-14(23)9-21(15)18(24)16-17(25-11(2)20-16)12-4-3-5-13(19)8-12/h3-5,8,14-15,23H,6-7,9H2,1-2H3. The number of thiazole rings is 1. The van der Waals surface area contributed by atoms with Gasteiger partial charge in [-0.05, 0) is 44.4 Å². The number of aliphatic hydroxyl groups excluding tert-OH is 1. The van der Waals surface area contributed by atoms with Gasteiger partial charge in [0.25, 0.3) is 5.91 Å². The van der Waals surface area contributed by atoms with Gasteiger partial charge in [-0.2, -0.15) is 0 Å². The Morgan fingerprint density at radius 2 is 2.12 bits per heavy atom. The van der Waals surface area contributed by atoms with Crippen molar-refractivity contribution in [3.05, 3.63) is 40.8 Å². The minimum atomic E-state index is -0.656. The number of piperidine rings is 1. The van der Waals surface area contributed by atoms with Gasteiger partial charge in [0, 0.05) is 6.54 Å². The third-order valence-electron chi connectivity index (χ3n) is 4.31. The van der Waals surface area contributed by atoms with Gasteiger partial charge in [0.05, 0.1) is 22.0 Å². The van der Waals surface area contributed by atoms with Crippen molar-refractivity contribution in [3.8, 4) is 10.4 Å². The van der Waals surface area contributed by atoms with Gasteiger partial charge in [0.15, 0.2) is 5.78 Å². The summed E-state index contributed by atoms with van der Waals surface area (Å²) in [5, 5.41) is 10.6. The lowest BCUT2D eigenvalue weighted by atomic mass is 9.96. The summed E-state index contributed by atoms with van der Waals surface area (Å²) in [5.41, 5.74) is 0.777. The fourth-order valence-corrected chi connectivity index (χ4v) is 4.04. The second kappa shape index (κ2) is 7.01. The molecule has 1 aromatic carbocycles. The molecular weight excluding hydrogens is 343 g/mol. The third-order valence-corrected chi connectivity index (χ3v) is 5.33. The quantitative estimate of drug-likeness (QED) is 0.911. The summed E-state index contributed by atoms with van der Waals surface area (Å²) in [5.74, 6) is -0.904. The number of hydrogen-bond acceptors (Lipinski definition) is 5. The van der Waals surface area contributed by atoms with Crippen molar-refractivity contribution in [2.45, 2.75) is 38.8 Å². The zero-order chi connectivity index (χ0) is 18.1. The fraction of sp³-hybridized carbons (Fsp3) is 0.389. The number of likely N-dealkylation sites (tertiary alicyclic amines) is 1. The lowest BCUT2D eigenvalue weighted by Gasteiger charge is -2.36. The minimum Gasteiger partial charge on any atom is -0.391 e. The number of carbonyl (C=O) groups excluding carboxylic acids is 2. The molecule has 1 amide bonds. The van der Waals surface area contributed by atoms with E-state index in [0.29, 0.717) is 28.3 Å². The maximum atomic E-state index is 13.6. The molecule has 2 heterocycles. The van der Waals surface area contributed by atoms with Crippen LogP contribution in [0.15, 0.2) is 24.3 Å². The first-order valence-electron chi connectivity index (χ1n) is 8.09. The molecular formula is C18H19FN2O3S. The van der Waals surface area contributed by atoms with Crippen LogP contribution in [0.2, 0.25) is 0 Å². The van der Waals surface area contributed by atoms with Crippen LogP contribution in [0, 0.1) is 12.7 Å². The van der Waals surface area contributed by atoms with Gasteiger partial charge in [-0.15, -0.1) is 11.3 Å². The number of β-amino-alcohol motifs (C(OH)–C–C–N with tert-alkyl or cyclic N) is 1. The summed E-state index contributed by atoms with van der Waals surface area (Å²) in [4.78, 5) is 31.3. The Kier molecular flexibility index (Phi) is 4.96. The van der Waals surface area contributed by atoms with E-state index in [9.17, 15) is 19.1 Å². The monoisotopic (exact) mass is 362 g/mol. The number of ketones is 1. The van der Waals surface area contributed by atoms with Gasteiger partial charge >= 0.3 is 0 Å². The van der Waals surface area contributed by atoms with E-state index < -0.39 is 23.9 Å². The maximum Gasteiger partial charge on any atom is 0.274 e. The molecule has 1 aliphatic heterocycles. The second-order valence-corrected chi connectivity index (χ2v) is 7.44. The summed E-state index contributed by atoms with van der Waals surface area (Å²) in [6.45, 7) is 3.32. The predicted molar refractivity (Wildman–Crippen MR) is 93.0 cm³/mol. The van der Waals surface area contributed by atoms with E-state index in [-0.39, 0.29) is 18.0 Å². The smallest absolute Gasteiger partial charge is 0.274 e. The SMILES string of the molecule is CC(=O)C1CCC(O)CN1C(=O)c1nc(C)sc1-c1cccc(F)c1. The molecule has 0 aliphatic carbocycles. The molecule has 0 saturated carbocycles. The summed E-state index contributed by atoms with van der Waals surface area (Å²) >= 11 is 1.31. The number of aryl methyl sites for hydroxylation is 1. The molecule has 7 heteroatoms. The van der Waals surface area contributed by atoms with E-state index in [4.69, 9.17) is 0 Å². The van der Waals surface area contributed by atoms with Crippen LogP contribution in [-0.2, 0) is 4.79 Å². The molecule has 0 bridgehead atoms. The molecule has 25 heavy (non-hydrogen) atoms. The molecule has 1 aromatic heterocycles. The van der Waals surface area contributed by atoms with E-state index >= 15 is 0 Å². The predicted octanol–water partition coefficient (Wildman–Crippen LogP) is 2.81. The Morgan fingerprint density at radius 3 is 2.80 bits per heavy atom. The number of benzene rings is 1. The Balaban J connectivity index is 2.01. The average Bonchev–Trinajstić information content (AvgIpc) is 2.95. The molecule has 5 nitrogen and oxygen atoms in total. The number of halogens is 1. The fourth-order valence-electron chi connectivity index (χ4n) is 3.13. The van der Waals surface area contributed by atoms with Crippen molar-refractivity contribution >= 4 is 23.0 Å². The number of aliphatic hydroxyl groups is 1. The number of hydrogen-bond donors (Lipinski definition) is 1. The minimum absolute atomic E-state index is 0.0994.